The van der Waals surface area contributed by atoms with Crippen LogP contribution in [0.25, 0.3) is 22.4 Å². The summed E-state index contributed by atoms with van der Waals surface area (Å²) >= 11 is 0. The van der Waals surface area contributed by atoms with E-state index in [9.17, 15) is 14.9 Å². The molecule has 0 spiro atoms. The van der Waals surface area contributed by atoms with Crippen LogP contribution in [-0.4, -0.2) is 9.91 Å². The van der Waals surface area contributed by atoms with E-state index in [4.69, 9.17) is 4.42 Å². The topological polar surface area (TPSA) is 86.2 Å². The van der Waals surface area contributed by atoms with Crippen molar-refractivity contribution in [2.75, 3.05) is 0 Å². The fourth-order valence-corrected chi connectivity index (χ4v) is 1.88. The van der Waals surface area contributed by atoms with Gasteiger partial charge in [-0.2, -0.15) is 0 Å². The highest BCUT2D eigenvalue weighted by Crippen LogP contribution is 2.23. The minimum Gasteiger partial charge on any atom is -0.437 e. The summed E-state index contributed by atoms with van der Waals surface area (Å²) in [4.78, 5) is 26.1. The van der Waals surface area contributed by atoms with Gasteiger partial charge in [0.15, 0.2) is 5.43 Å². The molecule has 2 heterocycles. The van der Waals surface area contributed by atoms with Gasteiger partial charge in [-0.05, 0) is 24.3 Å². The Balaban J connectivity index is 2.14. The highest BCUT2D eigenvalue weighted by atomic mass is 16.6. The van der Waals surface area contributed by atoms with E-state index in [2.05, 4.69) is 4.98 Å². The first kappa shape index (κ1) is 12.0. The minimum atomic E-state index is -0.484. The van der Waals surface area contributed by atoms with Crippen LogP contribution >= 0.6 is 0 Å². The second kappa shape index (κ2) is 4.58. The highest BCUT2D eigenvalue weighted by Gasteiger charge is 2.09. The van der Waals surface area contributed by atoms with Gasteiger partial charge in [0.1, 0.15) is 5.76 Å². The third-order valence-electron chi connectivity index (χ3n) is 2.87. The van der Waals surface area contributed by atoms with Gasteiger partial charge in [-0.1, -0.05) is 0 Å². The lowest BCUT2D eigenvalue weighted by Crippen LogP contribution is -2.01. The molecule has 0 N–H and O–H groups in total. The van der Waals surface area contributed by atoms with Crippen molar-refractivity contribution >= 4 is 16.8 Å². The van der Waals surface area contributed by atoms with Gasteiger partial charge in [-0.3, -0.25) is 14.9 Å². The normalized spacial score (nSPS) is 10.6. The van der Waals surface area contributed by atoms with Gasteiger partial charge in [-0.15, -0.1) is 0 Å². The maximum absolute atomic E-state index is 11.9. The van der Waals surface area contributed by atoms with Crippen LogP contribution in [-0.2, 0) is 0 Å². The molecule has 0 aliphatic rings. The molecule has 6 nitrogen and oxygen atoms in total. The summed E-state index contributed by atoms with van der Waals surface area (Å²) in [5.41, 5.74) is 0.608. The molecule has 98 valence electrons. The summed E-state index contributed by atoms with van der Waals surface area (Å²) in [6, 6.07) is 10.4. The molecular formula is C14H8N2O4. The lowest BCUT2D eigenvalue weighted by molar-refractivity contribution is -0.384. The van der Waals surface area contributed by atoms with E-state index < -0.39 is 4.92 Å². The fraction of sp³-hybridized carbons (Fsp3) is 0. The van der Waals surface area contributed by atoms with Gasteiger partial charge >= 0.3 is 0 Å². The zero-order valence-corrected chi connectivity index (χ0v) is 10.1. The van der Waals surface area contributed by atoms with Crippen LogP contribution in [0.5, 0.6) is 0 Å². The first-order valence-electron chi connectivity index (χ1n) is 5.79. The van der Waals surface area contributed by atoms with Crippen molar-refractivity contribution in [3.8, 4) is 11.3 Å². The van der Waals surface area contributed by atoms with E-state index in [1.165, 1.54) is 36.5 Å². The van der Waals surface area contributed by atoms with Crippen molar-refractivity contribution in [3.63, 3.8) is 0 Å². The summed E-state index contributed by atoms with van der Waals surface area (Å²) < 4.78 is 5.55. The number of aromatic nitrogens is 1. The van der Waals surface area contributed by atoms with Crippen molar-refractivity contribution in [3.05, 3.63) is 69.0 Å². The van der Waals surface area contributed by atoms with Crippen LogP contribution in [0.3, 0.4) is 0 Å². The van der Waals surface area contributed by atoms with E-state index in [0.29, 0.717) is 16.7 Å². The molecule has 0 fully saturated rings. The average Bonchev–Trinajstić information content (AvgIpc) is 2.47. The van der Waals surface area contributed by atoms with Crippen molar-refractivity contribution in [2.45, 2.75) is 0 Å². The second-order valence-corrected chi connectivity index (χ2v) is 4.14. The Morgan fingerprint density at radius 2 is 1.90 bits per heavy atom. The molecule has 3 aromatic rings. The van der Waals surface area contributed by atoms with Crippen LogP contribution in [0.4, 0.5) is 5.69 Å². The molecule has 2 aromatic heterocycles. The molecule has 0 radical (unpaired) electrons. The fourth-order valence-electron chi connectivity index (χ4n) is 1.88. The Hall–Kier alpha value is -3.02. The van der Waals surface area contributed by atoms with E-state index in [0.717, 1.165) is 0 Å². The van der Waals surface area contributed by atoms with Crippen LogP contribution in [0.1, 0.15) is 0 Å². The minimum absolute atomic E-state index is 0.0185. The maximum atomic E-state index is 11.9. The zero-order chi connectivity index (χ0) is 14.1. The number of benzene rings is 1. The van der Waals surface area contributed by atoms with Crippen molar-refractivity contribution in [1.29, 1.82) is 0 Å². The molecule has 0 atom stereocenters. The molecule has 3 rings (SSSR count). The zero-order valence-electron chi connectivity index (χ0n) is 10.1. The number of pyridine rings is 1. The monoisotopic (exact) mass is 268 g/mol. The Morgan fingerprint density at radius 3 is 2.60 bits per heavy atom. The van der Waals surface area contributed by atoms with E-state index in [1.807, 2.05) is 0 Å². The molecule has 20 heavy (non-hydrogen) atoms. The molecule has 0 saturated carbocycles. The maximum Gasteiger partial charge on any atom is 0.269 e. The molecular weight excluding hydrogens is 260 g/mol. The predicted molar refractivity (Wildman–Crippen MR) is 72.4 cm³/mol. The number of nitro benzene ring substituents is 1. The highest BCUT2D eigenvalue weighted by molar-refractivity contribution is 5.75. The Bertz CT molecular complexity index is 853. The smallest absolute Gasteiger partial charge is 0.269 e. The third-order valence-corrected chi connectivity index (χ3v) is 2.87. The van der Waals surface area contributed by atoms with Crippen LogP contribution in [0.2, 0.25) is 0 Å². The molecule has 0 unspecified atom stereocenters. The Labute approximate surface area is 112 Å². The summed E-state index contributed by atoms with van der Waals surface area (Å²) in [6.45, 7) is 0. The molecule has 0 aliphatic heterocycles. The van der Waals surface area contributed by atoms with Gasteiger partial charge in [0.2, 0.25) is 5.71 Å². The molecule has 6 heteroatoms. The van der Waals surface area contributed by atoms with Gasteiger partial charge < -0.3 is 4.42 Å². The van der Waals surface area contributed by atoms with Crippen LogP contribution in [0, 0.1) is 10.1 Å². The molecule has 0 aliphatic carbocycles. The average molecular weight is 268 g/mol. The molecule has 1 aromatic carbocycles. The summed E-state index contributed by atoms with van der Waals surface area (Å²) in [5, 5.41) is 11.0. The van der Waals surface area contributed by atoms with E-state index >= 15 is 0 Å². The van der Waals surface area contributed by atoms with Gasteiger partial charge in [0.25, 0.3) is 5.69 Å². The molecule has 0 bridgehead atoms. The number of hydrogen-bond acceptors (Lipinski definition) is 5. The van der Waals surface area contributed by atoms with Crippen molar-refractivity contribution in [2.24, 2.45) is 0 Å². The number of hydrogen-bond donors (Lipinski definition) is 0. The Morgan fingerprint density at radius 1 is 1.15 bits per heavy atom. The summed E-state index contributed by atoms with van der Waals surface area (Å²) in [7, 11) is 0. The quantitative estimate of drug-likeness (QED) is 0.527. The SMILES string of the molecule is O=c1cc(-c2ccc([N+](=O)[O-])cc2)oc2ncccc12. The second-order valence-electron chi connectivity index (χ2n) is 4.14. The summed E-state index contributed by atoms with van der Waals surface area (Å²) in [5.74, 6) is 0.330. The van der Waals surface area contributed by atoms with Gasteiger partial charge in [0, 0.05) is 30.0 Å². The molecule has 0 saturated heterocycles. The lowest BCUT2D eigenvalue weighted by atomic mass is 10.1. The van der Waals surface area contributed by atoms with E-state index in [-0.39, 0.29) is 16.8 Å². The predicted octanol–water partition coefficient (Wildman–Crippen LogP) is 2.76. The number of fused-ring (bicyclic) bond motifs is 1. The standard InChI is InChI=1S/C14H8N2O4/c17-12-8-13(20-14-11(12)2-1-7-15-14)9-3-5-10(6-4-9)16(18)19/h1-8H. The van der Waals surface area contributed by atoms with Crippen LogP contribution < -0.4 is 5.43 Å². The van der Waals surface area contributed by atoms with Crippen LogP contribution in [0.15, 0.2) is 57.9 Å². The summed E-state index contributed by atoms with van der Waals surface area (Å²) in [6.07, 6.45) is 1.53. The van der Waals surface area contributed by atoms with Crippen molar-refractivity contribution < 1.29 is 9.34 Å². The first-order chi connectivity index (χ1) is 9.65. The van der Waals surface area contributed by atoms with Crippen molar-refractivity contribution in [1.82, 2.24) is 4.98 Å². The van der Waals surface area contributed by atoms with E-state index in [1.54, 1.807) is 12.1 Å². The lowest BCUT2D eigenvalue weighted by Gasteiger charge is -2.02. The number of non-ortho nitro benzene ring substituents is 1. The molecule has 0 amide bonds. The van der Waals surface area contributed by atoms with Gasteiger partial charge in [-0.25, -0.2) is 4.98 Å². The first-order valence-corrected chi connectivity index (χ1v) is 5.79. The third kappa shape index (κ3) is 2.03. The largest absolute Gasteiger partial charge is 0.437 e. The van der Waals surface area contributed by atoms with Gasteiger partial charge in [0.05, 0.1) is 10.3 Å². The Kier molecular flexibility index (Phi) is 2.76. The number of nitro groups is 1. The number of rotatable bonds is 2. The number of nitrogens with zero attached hydrogens (tertiary/aromatic N) is 2.